The van der Waals surface area contributed by atoms with Crippen LogP contribution in [0.1, 0.15) is 20.8 Å². The Kier molecular flexibility index (Phi) is 3.86. The van der Waals surface area contributed by atoms with E-state index in [9.17, 15) is 4.79 Å². The van der Waals surface area contributed by atoms with Crippen molar-refractivity contribution >= 4 is 29.0 Å². The number of hydrogen-bond donors (Lipinski definition) is 1. The van der Waals surface area contributed by atoms with Crippen LogP contribution in [0.3, 0.4) is 0 Å². The summed E-state index contributed by atoms with van der Waals surface area (Å²) in [6, 6.07) is 11.7. The maximum Gasteiger partial charge on any atom is 0.249 e. The lowest BCUT2D eigenvalue weighted by Gasteiger charge is -2.04. The smallest absolute Gasteiger partial charge is 0.249 e. The zero-order valence-corrected chi connectivity index (χ0v) is 11.1. The average Bonchev–Trinajstić information content (AvgIpc) is 2.73. The molecule has 0 radical (unpaired) electrons. The van der Waals surface area contributed by atoms with Crippen LogP contribution in [0.15, 0.2) is 40.6 Å². The molecular formula is C13H13NOS2. The number of rotatable bonds is 4. The maximum atomic E-state index is 11.3. The number of nitrogens with two attached hydrogens (primary N) is 1. The fraction of sp³-hybridized carbons (Fsp3) is 0.154. The summed E-state index contributed by atoms with van der Waals surface area (Å²) in [5.41, 5.74) is 6.96. The van der Waals surface area contributed by atoms with Crippen LogP contribution in [0.5, 0.6) is 0 Å². The predicted molar refractivity (Wildman–Crippen MR) is 73.6 cm³/mol. The Morgan fingerprint density at radius 1 is 1.29 bits per heavy atom. The minimum Gasteiger partial charge on any atom is -0.366 e. The van der Waals surface area contributed by atoms with Crippen molar-refractivity contribution in [2.75, 3.05) is 0 Å². The number of primary amides is 1. The molecule has 4 heteroatoms. The third kappa shape index (κ3) is 3.11. The minimum absolute atomic E-state index is 0.358. The summed E-state index contributed by atoms with van der Waals surface area (Å²) >= 11 is 3.50. The van der Waals surface area contributed by atoms with E-state index in [0.29, 0.717) is 5.56 Å². The molecule has 0 aliphatic carbocycles. The number of thioether (sulfide) groups is 1. The van der Waals surface area contributed by atoms with Crippen LogP contribution in [0.2, 0.25) is 0 Å². The first kappa shape index (κ1) is 12.2. The molecule has 88 valence electrons. The van der Waals surface area contributed by atoms with Crippen LogP contribution in [0.25, 0.3) is 0 Å². The summed E-state index contributed by atoms with van der Waals surface area (Å²) in [6.45, 7) is 2.09. The van der Waals surface area contributed by atoms with Crippen molar-refractivity contribution in [2.45, 2.75) is 16.9 Å². The second kappa shape index (κ2) is 5.38. The highest BCUT2D eigenvalue weighted by molar-refractivity contribution is 8.00. The van der Waals surface area contributed by atoms with Gasteiger partial charge in [-0.15, -0.1) is 23.1 Å². The number of benzene rings is 1. The lowest BCUT2D eigenvalue weighted by atomic mass is 10.1. The van der Waals surface area contributed by atoms with Crippen molar-refractivity contribution < 1.29 is 4.79 Å². The molecule has 0 aliphatic rings. The minimum atomic E-state index is -0.358. The van der Waals surface area contributed by atoms with E-state index in [1.807, 2.05) is 18.2 Å². The molecule has 2 N–H and O–H groups in total. The Bertz CT molecular complexity index is 534. The van der Waals surface area contributed by atoms with Crippen LogP contribution in [-0.2, 0) is 5.75 Å². The van der Waals surface area contributed by atoms with Crippen molar-refractivity contribution in [3.63, 3.8) is 0 Å². The van der Waals surface area contributed by atoms with E-state index in [-0.39, 0.29) is 5.91 Å². The van der Waals surface area contributed by atoms with Gasteiger partial charge >= 0.3 is 0 Å². The van der Waals surface area contributed by atoms with Gasteiger partial charge in [0.25, 0.3) is 0 Å². The fourth-order valence-corrected chi connectivity index (χ4v) is 3.64. The van der Waals surface area contributed by atoms with Crippen LogP contribution in [-0.4, -0.2) is 5.91 Å². The molecule has 1 aromatic carbocycles. The summed E-state index contributed by atoms with van der Waals surface area (Å²) in [5, 5.41) is 0. The molecule has 2 nitrogen and oxygen atoms in total. The molecule has 0 atom stereocenters. The average molecular weight is 263 g/mol. The van der Waals surface area contributed by atoms with Crippen molar-refractivity contribution in [3.05, 3.63) is 52.4 Å². The molecule has 17 heavy (non-hydrogen) atoms. The van der Waals surface area contributed by atoms with Crippen LogP contribution >= 0.6 is 23.1 Å². The zero-order valence-electron chi connectivity index (χ0n) is 9.47. The molecule has 1 amide bonds. The molecule has 1 heterocycles. The van der Waals surface area contributed by atoms with Crippen molar-refractivity contribution in [2.24, 2.45) is 5.73 Å². The highest BCUT2D eigenvalue weighted by atomic mass is 32.2. The zero-order chi connectivity index (χ0) is 12.3. The standard InChI is InChI=1S/C13H13NOS2/c1-9-6-7-12(17-9)16-8-10-4-2-3-5-11(10)13(14)15/h2-7H,8H2,1H3,(H2,14,15). The highest BCUT2D eigenvalue weighted by Crippen LogP contribution is 2.30. The second-order valence-corrected chi connectivity index (χ2v) is 6.24. The van der Waals surface area contributed by atoms with Gasteiger partial charge in [-0.2, -0.15) is 0 Å². The Hall–Kier alpha value is -1.26. The van der Waals surface area contributed by atoms with Gasteiger partial charge in [0.1, 0.15) is 0 Å². The molecule has 2 rings (SSSR count). The van der Waals surface area contributed by atoms with Crippen LogP contribution in [0, 0.1) is 6.92 Å². The fourth-order valence-electron chi connectivity index (χ4n) is 1.53. The largest absolute Gasteiger partial charge is 0.366 e. The number of hydrogen-bond acceptors (Lipinski definition) is 3. The van der Waals surface area contributed by atoms with Gasteiger partial charge in [0, 0.05) is 16.2 Å². The Morgan fingerprint density at radius 2 is 2.06 bits per heavy atom. The summed E-state index contributed by atoms with van der Waals surface area (Å²) in [6.07, 6.45) is 0. The van der Waals surface area contributed by atoms with E-state index in [1.54, 1.807) is 29.2 Å². The number of thiophene rings is 1. The summed E-state index contributed by atoms with van der Waals surface area (Å²) < 4.78 is 1.27. The molecule has 0 spiro atoms. The molecule has 1 aromatic heterocycles. The van der Waals surface area contributed by atoms with Gasteiger partial charge in [-0.3, -0.25) is 4.79 Å². The van der Waals surface area contributed by atoms with Crippen molar-refractivity contribution in [1.29, 1.82) is 0 Å². The monoisotopic (exact) mass is 263 g/mol. The lowest BCUT2D eigenvalue weighted by molar-refractivity contribution is 0.0999. The number of amides is 1. The third-order valence-electron chi connectivity index (χ3n) is 2.37. The van der Waals surface area contributed by atoms with Gasteiger partial charge in [-0.25, -0.2) is 0 Å². The molecule has 0 bridgehead atoms. The van der Waals surface area contributed by atoms with Crippen molar-refractivity contribution in [3.8, 4) is 0 Å². The van der Waals surface area contributed by atoms with Gasteiger partial charge in [-0.1, -0.05) is 18.2 Å². The number of carbonyl (C=O) groups is 1. The first-order valence-electron chi connectivity index (χ1n) is 5.24. The molecule has 0 unspecified atom stereocenters. The van der Waals surface area contributed by atoms with E-state index >= 15 is 0 Å². The first-order valence-corrected chi connectivity index (χ1v) is 7.04. The highest BCUT2D eigenvalue weighted by Gasteiger charge is 2.07. The van der Waals surface area contributed by atoms with E-state index in [1.165, 1.54) is 9.09 Å². The van der Waals surface area contributed by atoms with Gasteiger partial charge in [-0.05, 0) is 30.7 Å². The lowest BCUT2D eigenvalue weighted by Crippen LogP contribution is -2.13. The van der Waals surface area contributed by atoms with Gasteiger partial charge in [0.15, 0.2) is 0 Å². The molecule has 2 aromatic rings. The number of carbonyl (C=O) groups excluding carboxylic acids is 1. The molecule has 0 saturated heterocycles. The molecule has 0 fully saturated rings. The molecular weight excluding hydrogens is 250 g/mol. The van der Waals surface area contributed by atoms with Gasteiger partial charge < -0.3 is 5.73 Å². The Morgan fingerprint density at radius 3 is 2.71 bits per heavy atom. The SMILES string of the molecule is Cc1ccc(SCc2ccccc2C(N)=O)s1. The third-order valence-corrected chi connectivity index (χ3v) is 4.64. The summed E-state index contributed by atoms with van der Waals surface area (Å²) in [5.74, 6) is 0.419. The van der Waals surface area contributed by atoms with Crippen molar-refractivity contribution in [1.82, 2.24) is 0 Å². The van der Waals surface area contributed by atoms with Gasteiger partial charge in [0.2, 0.25) is 5.91 Å². The predicted octanol–water partition coefficient (Wildman–Crippen LogP) is 3.45. The van der Waals surface area contributed by atoms with Gasteiger partial charge in [0.05, 0.1) is 4.21 Å². The first-order chi connectivity index (χ1) is 8.16. The van der Waals surface area contributed by atoms with E-state index in [0.717, 1.165) is 11.3 Å². The molecule has 0 aliphatic heterocycles. The second-order valence-electron chi connectivity index (χ2n) is 3.68. The van der Waals surface area contributed by atoms with E-state index < -0.39 is 0 Å². The van der Waals surface area contributed by atoms with Crippen LogP contribution < -0.4 is 5.73 Å². The Balaban J connectivity index is 2.11. The van der Waals surface area contributed by atoms with E-state index in [2.05, 4.69) is 19.1 Å². The maximum absolute atomic E-state index is 11.3. The topological polar surface area (TPSA) is 43.1 Å². The normalized spacial score (nSPS) is 10.4. The molecule has 0 saturated carbocycles. The number of aryl methyl sites for hydroxylation is 1. The quantitative estimate of drug-likeness (QED) is 0.859. The summed E-state index contributed by atoms with van der Waals surface area (Å²) in [4.78, 5) is 12.6. The van der Waals surface area contributed by atoms with E-state index in [4.69, 9.17) is 5.73 Å². The summed E-state index contributed by atoms with van der Waals surface area (Å²) in [7, 11) is 0. The Labute approximate surface area is 109 Å². The van der Waals surface area contributed by atoms with Crippen LogP contribution in [0.4, 0.5) is 0 Å².